The van der Waals surface area contributed by atoms with E-state index in [-0.39, 0.29) is 69.6 Å². The summed E-state index contributed by atoms with van der Waals surface area (Å²) in [6.07, 6.45) is 3.66. The fourth-order valence-corrected chi connectivity index (χ4v) is 17.3. The highest BCUT2D eigenvalue weighted by atomic mass is 35.5. The number of rotatable bonds is 11. The SMILES string of the molecule is CC[C@H](C)[C@@H]1NC(=O)[C@H](CC(C)C)N(C)C(=O)C[C@@H](C(=O)N2CCCCC2)N(C)C(=O)[C@H](C2CCCCC2)N(C)C(=O)C2(CCCC2)NC(=O)[C@@H]2CC(F)(F)CN2C(=O)[C@H](CCC2CCC(C(F)(F)F)C(Cl)C2)NC(=O)CN(C)C(=O)[C@H](CC2CCCCC2)N(C)C(=O)CN(C)C(=O)CN(C)C1=O. The van der Waals surface area contributed by atoms with Gasteiger partial charge in [0.05, 0.1) is 38.5 Å². The molecular weight excluding hydrogens is 1370 g/mol. The minimum absolute atomic E-state index is 0.00333. The van der Waals surface area contributed by atoms with Gasteiger partial charge in [0.2, 0.25) is 70.9 Å². The van der Waals surface area contributed by atoms with E-state index in [1.54, 1.807) is 11.8 Å². The number of piperidine rings is 1. The lowest BCUT2D eigenvalue weighted by Crippen LogP contribution is -2.65. The molecule has 7 aliphatic rings. The standard InChI is InChI=1S/C73H116ClF5N12O12/c1-12-46(4)61-68(101)85(7)42-59(94)83(5)43-60(95)87(9)54(38-47-24-16-13-17-25-47)66(99)84(6)41-57(92)80-52(31-29-48-28-30-50(51(74)37-48)73(77,78)79)65(98)91-44-72(75,76)40-56(91)64(97)82-71(32-20-21-33-71)70(103)89(11)62(49-26-18-14-19-27-49)69(102)88(10)55(67(100)90-34-22-15-23-35-90)39-58(93)86(8)53(36-45(2)3)63(96)81-61/h45-56,61-62H,12-44H2,1-11H3,(H,80,92)(H,81,96)(H,82,97)/t46-,48?,50?,51?,52-,53-,54-,55-,56-,61-,62-/m0/s1. The molecule has 582 valence electrons. The normalized spacial score (nSPS) is 30.1. The number of likely N-dealkylation sites (tertiary alicyclic amines) is 1. The molecule has 4 aliphatic carbocycles. The van der Waals surface area contributed by atoms with E-state index >= 15 is 37.5 Å². The number of carbonyl (C=O) groups is 12. The molecule has 12 amide bonds. The van der Waals surface area contributed by atoms with Gasteiger partial charge < -0.3 is 60.0 Å². The van der Waals surface area contributed by atoms with Crippen molar-refractivity contribution in [1.29, 1.82) is 0 Å². The summed E-state index contributed by atoms with van der Waals surface area (Å²) < 4.78 is 74.5. The molecule has 0 aromatic rings. The Kier molecular flexibility index (Phi) is 29.9. The van der Waals surface area contributed by atoms with Crippen LogP contribution in [0, 0.1) is 35.5 Å². The van der Waals surface area contributed by atoms with E-state index in [1.807, 2.05) is 20.8 Å². The van der Waals surface area contributed by atoms with Crippen molar-refractivity contribution in [2.75, 3.05) is 88.6 Å². The van der Waals surface area contributed by atoms with Gasteiger partial charge in [0, 0.05) is 74.2 Å². The largest absolute Gasteiger partial charge is 0.393 e. The van der Waals surface area contributed by atoms with Crippen molar-refractivity contribution in [1.82, 2.24) is 60.0 Å². The van der Waals surface area contributed by atoms with Crippen LogP contribution in [0.4, 0.5) is 22.0 Å². The lowest BCUT2D eigenvalue weighted by atomic mass is 9.78. The van der Waals surface area contributed by atoms with Gasteiger partial charge in [-0.1, -0.05) is 98.3 Å². The Morgan fingerprint density at radius 1 is 0.602 bits per heavy atom. The summed E-state index contributed by atoms with van der Waals surface area (Å²) in [5.41, 5.74) is -1.82. The van der Waals surface area contributed by atoms with Crippen LogP contribution in [0.15, 0.2) is 0 Å². The Hall–Kier alpha value is -6.42. The predicted molar refractivity (Wildman–Crippen MR) is 375 cm³/mol. The number of hydrogen-bond donors (Lipinski definition) is 3. The summed E-state index contributed by atoms with van der Waals surface area (Å²) in [6.45, 7) is 4.76. The molecule has 11 atom stereocenters. The molecule has 24 nitrogen and oxygen atoms in total. The summed E-state index contributed by atoms with van der Waals surface area (Å²) in [7, 11) is 9.66. The smallest absolute Gasteiger partial charge is 0.343 e. The van der Waals surface area contributed by atoms with Gasteiger partial charge in [-0.2, -0.15) is 13.2 Å². The van der Waals surface area contributed by atoms with Crippen molar-refractivity contribution in [3.05, 3.63) is 0 Å². The summed E-state index contributed by atoms with van der Waals surface area (Å²) >= 11 is 6.36. The average molecular weight is 1480 g/mol. The molecule has 7 fully saturated rings. The molecule has 0 aromatic carbocycles. The molecule has 30 heteroatoms. The minimum Gasteiger partial charge on any atom is -0.343 e. The molecular formula is C73H116ClF5N12O12. The van der Waals surface area contributed by atoms with E-state index in [9.17, 15) is 41.9 Å². The number of fused-ring (bicyclic) bond motifs is 1. The monoisotopic (exact) mass is 1480 g/mol. The molecule has 4 saturated carbocycles. The first-order valence-electron chi connectivity index (χ1n) is 37.8. The van der Waals surface area contributed by atoms with Crippen LogP contribution >= 0.6 is 11.6 Å². The third-order valence-electron chi connectivity index (χ3n) is 23.5. The van der Waals surface area contributed by atoms with Crippen LogP contribution < -0.4 is 16.0 Å². The van der Waals surface area contributed by atoms with Crippen LogP contribution in [0.25, 0.3) is 0 Å². The molecule has 0 bridgehead atoms. The molecule has 3 saturated heterocycles. The van der Waals surface area contributed by atoms with Crippen molar-refractivity contribution >= 4 is 82.5 Å². The van der Waals surface area contributed by atoms with Crippen LogP contribution in [-0.2, 0) is 57.5 Å². The highest BCUT2D eigenvalue weighted by Crippen LogP contribution is 2.44. The van der Waals surface area contributed by atoms with Crippen molar-refractivity contribution < 1.29 is 79.5 Å². The summed E-state index contributed by atoms with van der Waals surface area (Å²) in [5.74, 6) is -16.5. The maximum Gasteiger partial charge on any atom is 0.393 e. The Balaban J connectivity index is 1.30. The first-order valence-corrected chi connectivity index (χ1v) is 38.2. The highest BCUT2D eigenvalue weighted by Gasteiger charge is 2.56. The Labute approximate surface area is 610 Å². The van der Waals surface area contributed by atoms with Crippen molar-refractivity contribution in [2.45, 2.75) is 266 Å². The Morgan fingerprint density at radius 3 is 1.78 bits per heavy atom. The third-order valence-corrected chi connectivity index (χ3v) is 24.0. The van der Waals surface area contributed by atoms with Crippen molar-refractivity contribution in [2.24, 2.45) is 35.5 Å². The molecule has 1 spiro atoms. The quantitative estimate of drug-likeness (QED) is 0.144. The molecule has 3 heterocycles. The molecule has 0 aromatic heterocycles. The van der Waals surface area contributed by atoms with Gasteiger partial charge in [0.15, 0.2) is 0 Å². The molecule has 3 N–H and O–H groups in total. The Bertz CT molecular complexity index is 3020. The average Bonchev–Trinajstić information content (AvgIpc) is 1.71. The predicted octanol–water partition coefficient (Wildman–Crippen LogP) is 6.73. The first-order chi connectivity index (χ1) is 48.4. The van der Waals surface area contributed by atoms with Crippen LogP contribution in [-0.4, -0.2) is 269 Å². The van der Waals surface area contributed by atoms with Gasteiger partial charge in [0.25, 0.3) is 5.92 Å². The highest BCUT2D eigenvalue weighted by molar-refractivity contribution is 6.21. The van der Waals surface area contributed by atoms with Gasteiger partial charge in [-0.05, 0) is 119 Å². The van der Waals surface area contributed by atoms with E-state index in [0.29, 0.717) is 75.8 Å². The second-order valence-corrected chi connectivity index (χ2v) is 32.2. The molecule has 3 unspecified atom stereocenters. The van der Waals surface area contributed by atoms with Crippen molar-refractivity contribution in [3.63, 3.8) is 0 Å². The Morgan fingerprint density at radius 2 is 1.18 bits per heavy atom. The first kappa shape index (κ1) is 83.8. The van der Waals surface area contributed by atoms with E-state index in [4.69, 9.17) is 11.6 Å². The number of likely N-dealkylation sites (N-methyl/N-ethyl adjacent to an activating group) is 7. The van der Waals surface area contributed by atoms with Gasteiger partial charge in [-0.25, -0.2) is 8.78 Å². The zero-order chi connectivity index (χ0) is 76.2. The van der Waals surface area contributed by atoms with E-state index in [0.717, 1.165) is 59.6 Å². The topological polar surface area (TPSA) is 270 Å². The number of carbonyl (C=O) groups excluding carboxylic acids is 12. The number of nitrogens with zero attached hydrogens (tertiary/aromatic N) is 9. The summed E-state index contributed by atoms with van der Waals surface area (Å²) in [5, 5.41) is 7.00. The van der Waals surface area contributed by atoms with Crippen LogP contribution in [0.5, 0.6) is 0 Å². The van der Waals surface area contributed by atoms with E-state index in [1.165, 1.54) is 68.9 Å². The fourth-order valence-electron chi connectivity index (χ4n) is 16.8. The van der Waals surface area contributed by atoms with E-state index in [2.05, 4.69) is 16.0 Å². The zero-order valence-electron chi connectivity index (χ0n) is 62.6. The lowest BCUT2D eigenvalue weighted by molar-refractivity contribution is -0.182. The van der Waals surface area contributed by atoms with Crippen LogP contribution in [0.2, 0.25) is 0 Å². The van der Waals surface area contributed by atoms with Gasteiger partial charge in [-0.15, -0.1) is 11.6 Å². The van der Waals surface area contributed by atoms with Crippen LogP contribution in [0.3, 0.4) is 0 Å². The number of amides is 12. The van der Waals surface area contributed by atoms with Crippen molar-refractivity contribution in [3.8, 4) is 0 Å². The fraction of sp³-hybridized carbons (Fsp3) is 0.836. The molecule has 0 radical (unpaired) electrons. The molecule has 103 heavy (non-hydrogen) atoms. The summed E-state index contributed by atoms with van der Waals surface area (Å²) in [4.78, 5) is 190. The van der Waals surface area contributed by atoms with E-state index < -0.39 is 199 Å². The van der Waals surface area contributed by atoms with Crippen LogP contribution in [0.1, 0.15) is 201 Å². The number of halogens is 6. The maximum atomic E-state index is 16.2. The number of hydrogen-bond acceptors (Lipinski definition) is 12. The molecule has 3 aliphatic heterocycles. The summed E-state index contributed by atoms with van der Waals surface area (Å²) in [6, 6.07) is -10.1. The van der Waals surface area contributed by atoms with Gasteiger partial charge >= 0.3 is 6.18 Å². The maximum absolute atomic E-state index is 16.2. The van der Waals surface area contributed by atoms with Gasteiger partial charge in [-0.3, -0.25) is 57.5 Å². The number of nitrogens with one attached hydrogen (secondary N) is 3. The lowest BCUT2D eigenvalue weighted by Gasteiger charge is -2.43. The minimum atomic E-state index is -4.58. The second-order valence-electron chi connectivity index (χ2n) is 31.6. The molecule has 7 rings (SSSR count). The zero-order valence-corrected chi connectivity index (χ0v) is 63.4. The third kappa shape index (κ3) is 21.4. The number of alkyl halides is 6. The van der Waals surface area contributed by atoms with Gasteiger partial charge in [0.1, 0.15) is 47.8 Å². The second kappa shape index (κ2) is 36.7.